The average Bonchev–Trinajstić information content (AvgIpc) is 3.12. The summed E-state index contributed by atoms with van der Waals surface area (Å²) in [7, 11) is 1.18. The van der Waals surface area contributed by atoms with Crippen LogP contribution >= 0.6 is 0 Å². The highest BCUT2D eigenvalue weighted by atomic mass is 19.4. The Morgan fingerprint density at radius 3 is 2.33 bits per heavy atom. The molecule has 27 heavy (non-hydrogen) atoms. The van der Waals surface area contributed by atoms with Crippen LogP contribution in [0.3, 0.4) is 0 Å². The smallest absolute Gasteiger partial charge is 0.416 e. The Morgan fingerprint density at radius 1 is 1.07 bits per heavy atom. The lowest BCUT2D eigenvalue weighted by atomic mass is 10.1. The second kappa shape index (κ2) is 8.39. The van der Waals surface area contributed by atoms with Crippen molar-refractivity contribution in [3.8, 4) is 0 Å². The van der Waals surface area contributed by atoms with Crippen molar-refractivity contribution in [2.24, 2.45) is 0 Å². The fraction of sp³-hybridized carbons (Fsp3) is 0.235. The standard InChI is InChI=1S/C17H14F3NO6/c1-25-16(24)13-7-6-12(27-13)9-26-14(22)8-21-15(23)10-2-4-11(5-3-10)17(18,19)20/h2-7H,8-9H2,1H3,(H,21,23). The highest BCUT2D eigenvalue weighted by Crippen LogP contribution is 2.29. The Hall–Kier alpha value is -3.30. The molecule has 144 valence electrons. The number of alkyl halides is 3. The fourth-order valence-electron chi connectivity index (χ4n) is 1.93. The first-order valence-electron chi connectivity index (χ1n) is 7.49. The van der Waals surface area contributed by atoms with Crippen LogP contribution in [-0.4, -0.2) is 31.5 Å². The van der Waals surface area contributed by atoms with Gasteiger partial charge in [-0.1, -0.05) is 0 Å². The Balaban J connectivity index is 1.80. The van der Waals surface area contributed by atoms with Crippen molar-refractivity contribution in [3.05, 3.63) is 59.0 Å². The number of amides is 1. The Morgan fingerprint density at radius 2 is 1.74 bits per heavy atom. The number of carbonyl (C=O) groups is 3. The molecule has 0 saturated carbocycles. The zero-order chi connectivity index (χ0) is 20.0. The van der Waals surface area contributed by atoms with Crippen molar-refractivity contribution in [2.45, 2.75) is 12.8 Å². The molecule has 0 radical (unpaired) electrons. The Kier molecular flexibility index (Phi) is 6.22. The topological polar surface area (TPSA) is 94.8 Å². The van der Waals surface area contributed by atoms with E-state index < -0.39 is 36.1 Å². The predicted molar refractivity (Wildman–Crippen MR) is 83.6 cm³/mol. The minimum Gasteiger partial charge on any atom is -0.463 e. The zero-order valence-electron chi connectivity index (χ0n) is 14.0. The summed E-state index contributed by atoms with van der Waals surface area (Å²) in [5, 5.41) is 2.23. The van der Waals surface area contributed by atoms with Crippen molar-refractivity contribution in [1.82, 2.24) is 5.32 Å². The number of nitrogens with one attached hydrogen (secondary N) is 1. The molecule has 0 unspecified atom stereocenters. The molecule has 0 fully saturated rings. The van der Waals surface area contributed by atoms with E-state index in [-0.39, 0.29) is 23.7 Å². The van der Waals surface area contributed by atoms with E-state index in [2.05, 4.69) is 10.1 Å². The number of methoxy groups -OCH3 is 1. The molecule has 0 aliphatic carbocycles. The molecule has 0 aliphatic heterocycles. The Labute approximate surface area is 151 Å². The second-order valence-electron chi connectivity index (χ2n) is 5.18. The molecule has 10 heteroatoms. The molecular formula is C17H14F3NO6. The number of rotatable bonds is 6. The van der Waals surface area contributed by atoms with Gasteiger partial charge in [0.05, 0.1) is 12.7 Å². The van der Waals surface area contributed by atoms with Crippen molar-refractivity contribution < 1.29 is 41.4 Å². The molecule has 1 aromatic carbocycles. The van der Waals surface area contributed by atoms with Gasteiger partial charge in [-0.15, -0.1) is 0 Å². The number of ether oxygens (including phenoxy) is 2. The van der Waals surface area contributed by atoms with Crippen LogP contribution < -0.4 is 5.32 Å². The van der Waals surface area contributed by atoms with E-state index in [4.69, 9.17) is 9.15 Å². The molecule has 0 bridgehead atoms. The summed E-state index contributed by atoms with van der Waals surface area (Å²) in [6, 6.07) is 6.30. The molecular weight excluding hydrogens is 371 g/mol. The SMILES string of the molecule is COC(=O)c1ccc(COC(=O)CNC(=O)c2ccc(C(F)(F)F)cc2)o1. The molecule has 0 spiro atoms. The summed E-state index contributed by atoms with van der Waals surface area (Å²) in [5.41, 5.74) is -0.923. The first kappa shape index (κ1) is 20.0. The van der Waals surface area contributed by atoms with Gasteiger partial charge >= 0.3 is 18.1 Å². The maximum atomic E-state index is 12.5. The predicted octanol–water partition coefficient (Wildman–Crippen LogP) is 2.56. The van der Waals surface area contributed by atoms with Gasteiger partial charge in [0.2, 0.25) is 5.76 Å². The molecule has 0 aliphatic rings. The minimum absolute atomic E-state index is 0.0374. The summed E-state index contributed by atoms with van der Waals surface area (Å²) in [6.45, 7) is -0.767. The zero-order valence-corrected chi connectivity index (χ0v) is 14.0. The molecule has 0 saturated heterocycles. The number of hydrogen-bond acceptors (Lipinski definition) is 6. The highest BCUT2D eigenvalue weighted by molar-refractivity contribution is 5.95. The van der Waals surface area contributed by atoms with Crippen LogP contribution in [0.15, 0.2) is 40.8 Å². The van der Waals surface area contributed by atoms with Crippen molar-refractivity contribution >= 4 is 17.8 Å². The lowest BCUT2D eigenvalue weighted by molar-refractivity contribution is -0.144. The molecule has 1 aromatic heterocycles. The third kappa shape index (κ3) is 5.59. The summed E-state index contributed by atoms with van der Waals surface area (Å²) in [6.07, 6.45) is -4.50. The molecule has 1 N–H and O–H groups in total. The van der Waals surface area contributed by atoms with Crippen LogP contribution in [0.1, 0.15) is 32.2 Å². The van der Waals surface area contributed by atoms with Gasteiger partial charge in [-0.05, 0) is 36.4 Å². The van der Waals surface area contributed by atoms with Gasteiger partial charge in [0.25, 0.3) is 5.91 Å². The van der Waals surface area contributed by atoms with Crippen LogP contribution in [0, 0.1) is 0 Å². The molecule has 1 amide bonds. The van der Waals surface area contributed by atoms with E-state index in [0.29, 0.717) is 0 Å². The van der Waals surface area contributed by atoms with E-state index in [0.717, 1.165) is 24.3 Å². The molecule has 2 aromatic rings. The summed E-state index contributed by atoms with van der Waals surface area (Å²) in [4.78, 5) is 34.7. The summed E-state index contributed by atoms with van der Waals surface area (Å²) >= 11 is 0. The highest BCUT2D eigenvalue weighted by Gasteiger charge is 2.30. The van der Waals surface area contributed by atoms with Crippen molar-refractivity contribution in [2.75, 3.05) is 13.7 Å². The normalized spacial score (nSPS) is 11.0. The maximum Gasteiger partial charge on any atom is 0.416 e. The van der Waals surface area contributed by atoms with Crippen molar-refractivity contribution in [3.63, 3.8) is 0 Å². The number of esters is 2. The van der Waals surface area contributed by atoms with Crippen LogP contribution in [0.5, 0.6) is 0 Å². The van der Waals surface area contributed by atoms with E-state index in [1.807, 2.05) is 0 Å². The third-order valence-electron chi connectivity index (χ3n) is 3.29. The van der Waals surface area contributed by atoms with Gasteiger partial charge in [-0.2, -0.15) is 13.2 Å². The monoisotopic (exact) mass is 385 g/mol. The van der Waals surface area contributed by atoms with Gasteiger partial charge in [-0.25, -0.2) is 4.79 Å². The van der Waals surface area contributed by atoms with Gasteiger partial charge in [0, 0.05) is 5.56 Å². The minimum atomic E-state index is -4.50. The van der Waals surface area contributed by atoms with Crippen LogP contribution in [0.2, 0.25) is 0 Å². The lowest BCUT2D eigenvalue weighted by Gasteiger charge is -2.08. The van der Waals surface area contributed by atoms with Gasteiger partial charge in [-0.3, -0.25) is 9.59 Å². The van der Waals surface area contributed by atoms with Crippen LogP contribution in [0.25, 0.3) is 0 Å². The number of carbonyl (C=O) groups excluding carboxylic acids is 3. The van der Waals surface area contributed by atoms with E-state index in [1.165, 1.54) is 19.2 Å². The van der Waals surface area contributed by atoms with Gasteiger partial charge in [0.1, 0.15) is 18.9 Å². The number of halogens is 3. The fourth-order valence-corrected chi connectivity index (χ4v) is 1.93. The number of hydrogen-bond donors (Lipinski definition) is 1. The van der Waals surface area contributed by atoms with Crippen molar-refractivity contribution in [1.29, 1.82) is 0 Å². The summed E-state index contributed by atoms with van der Waals surface area (Å²) in [5.74, 6) is -2.08. The van der Waals surface area contributed by atoms with Gasteiger partial charge in [0.15, 0.2) is 0 Å². The number of benzene rings is 1. The molecule has 1 heterocycles. The molecule has 7 nitrogen and oxygen atoms in total. The molecule has 0 atom stereocenters. The van der Waals surface area contributed by atoms with E-state index in [1.54, 1.807) is 0 Å². The average molecular weight is 385 g/mol. The van der Waals surface area contributed by atoms with Crippen LogP contribution in [0.4, 0.5) is 13.2 Å². The molecule has 2 rings (SSSR count). The van der Waals surface area contributed by atoms with E-state index >= 15 is 0 Å². The quantitative estimate of drug-likeness (QED) is 0.768. The Bertz CT molecular complexity index is 826. The van der Waals surface area contributed by atoms with E-state index in [9.17, 15) is 27.6 Å². The summed E-state index contributed by atoms with van der Waals surface area (Å²) < 4.78 is 51.8. The van der Waals surface area contributed by atoms with Crippen LogP contribution in [-0.2, 0) is 27.1 Å². The first-order chi connectivity index (χ1) is 12.7. The first-order valence-corrected chi connectivity index (χ1v) is 7.49. The number of furan rings is 1. The second-order valence-corrected chi connectivity index (χ2v) is 5.18. The third-order valence-corrected chi connectivity index (χ3v) is 3.29. The maximum absolute atomic E-state index is 12.5. The van der Waals surface area contributed by atoms with Gasteiger partial charge < -0.3 is 19.2 Å². The largest absolute Gasteiger partial charge is 0.463 e. The lowest BCUT2D eigenvalue weighted by Crippen LogP contribution is -2.30.